The van der Waals surface area contributed by atoms with Crippen LogP contribution in [0.5, 0.6) is 0 Å². The summed E-state index contributed by atoms with van der Waals surface area (Å²) in [6.45, 7) is 0. The molecule has 2 aliphatic heterocycles. The van der Waals surface area contributed by atoms with E-state index in [0.717, 1.165) is 53.6 Å². The van der Waals surface area contributed by atoms with E-state index < -0.39 is 0 Å². The first-order valence-electron chi connectivity index (χ1n) is 12.0. The van der Waals surface area contributed by atoms with Crippen LogP contribution in [0.1, 0.15) is 11.4 Å². The van der Waals surface area contributed by atoms with E-state index in [1.165, 1.54) is 0 Å². The molecule has 10 heteroatoms. The molecule has 0 radical (unpaired) electrons. The molecule has 0 fully saturated rings. The molecule has 2 unspecified atom stereocenters. The van der Waals surface area contributed by atoms with E-state index in [4.69, 9.17) is 9.97 Å². The van der Waals surface area contributed by atoms with Gasteiger partial charge in [-0.05, 0) is 36.4 Å². The van der Waals surface area contributed by atoms with E-state index in [1.54, 1.807) is 22.7 Å². The average Bonchev–Trinajstić information content (AvgIpc) is 3.74. The highest BCUT2D eigenvalue weighted by Gasteiger charge is 2.23. The van der Waals surface area contributed by atoms with Crippen molar-refractivity contribution in [3.63, 3.8) is 0 Å². The van der Waals surface area contributed by atoms with Crippen molar-refractivity contribution in [3.8, 4) is 21.1 Å². The lowest BCUT2D eigenvalue weighted by atomic mass is 10.1. The summed E-state index contributed by atoms with van der Waals surface area (Å²) in [5.74, 6) is 1.33. The predicted molar refractivity (Wildman–Crippen MR) is 154 cm³/mol. The third-order valence-corrected chi connectivity index (χ3v) is 8.52. The van der Waals surface area contributed by atoms with Crippen molar-refractivity contribution in [2.24, 2.45) is 20.0 Å². The van der Waals surface area contributed by atoms with Gasteiger partial charge in [-0.1, -0.05) is 59.1 Å². The predicted octanol–water partition coefficient (Wildman–Crippen LogP) is 5.27. The van der Waals surface area contributed by atoms with E-state index >= 15 is 0 Å². The average molecular weight is 529 g/mol. The second-order valence-corrected chi connectivity index (χ2v) is 10.8. The molecule has 0 saturated carbocycles. The van der Waals surface area contributed by atoms with Gasteiger partial charge in [0.2, 0.25) is 0 Å². The molecule has 0 bridgehead atoms. The Morgan fingerprint density at radius 3 is 1.50 bits per heavy atom. The summed E-state index contributed by atoms with van der Waals surface area (Å²) >= 11 is 3.11. The van der Waals surface area contributed by atoms with Crippen LogP contribution < -0.4 is 0 Å². The molecule has 0 N–H and O–H groups in total. The highest BCUT2D eigenvalue weighted by Crippen LogP contribution is 2.36. The van der Waals surface area contributed by atoms with E-state index in [9.17, 15) is 0 Å². The molecule has 8 rings (SSSR count). The molecule has 0 amide bonds. The van der Waals surface area contributed by atoms with Crippen molar-refractivity contribution in [2.75, 3.05) is 0 Å². The third-order valence-electron chi connectivity index (χ3n) is 6.40. The van der Waals surface area contributed by atoms with Gasteiger partial charge in [0.05, 0.1) is 11.4 Å². The molecule has 6 heterocycles. The highest BCUT2D eigenvalue weighted by atomic mass is 32.1. The maximum Gasteiger partial charge on any atom is 0.174 e. The normalized spacial score (nSPS) is 20.8. The van der Waals surface area contributed by atoms with E-state index in [2.05, 4.69) is 29.9 Å². The topological polar surface area (TPSA) is 101 Å². The van der Waals surface area contributed by atoms with Crippen LogP contribution in [-0.4, -0.2) is 55.1 Å². The minimum Gasteiger partial charge on any atom is -0.252 e. The Morgan fingerprint density at radius 2 is 1.08 bits per heavy atom. The van der Waals surface area contributed by atoms with Crippen LogP contribution in [0.2, 0.25) is 0 Å². The number of allylic oxidation sites excluding steroid dienone is 4. The lowest BCUT2D eigenvalue weighted by Crippen LogP contribution is -2.11. The molecule has 2 aliphatic carbocycles. The fourth-order valence-electron chi connectivity index (χ4n) is 4.47. The monoisotopic (exact) mass is 528 g/mol. The summed E-state index contributed by atoms with van der Waals surface area (Å²) in [7, 11) is 0. The van der Waals surface area contributed by atoms with Crippen LogP contribution in [-0.2, 0) is 0 Å². The smallest absolute Gasteiger partial charge is 0.174 e. The van der Waals surface area contributed by atoms with Crippen molar-refractivity contribution >= 4 is 55.4 Å². The summed E-state index contributed by atoms with van der Waals surface area (Å²) in [4.78, 5) is 39.2. The van der Waals surface area contributed by atoms with Gasteiger partial charge in [-0.25, -0.2) is 20.0 Å². The zero-order valence-corrected chi connectivity index (χ0v) is 21.3. The summed E-state index contributed by atoms with van der Waals surface area (Å²) < 4.78 is 0. The molecule has 0 aromatic carbocycles. The lowest BCUT2D eigenvalue weighted by Gasteiger charge is -2.03. The Balaban J connectivity index is 1.02. The highest BCUT2D eigenvalue weighted by molar-refractivity contribution is 7.29. The Hall–Kier alpha value is -4.54. The quantitative estimate of drug-likeness (QED) is 0.360. The zero-order chi connectivity index (χ0) is 25.1. The number of hydrogen-bond donors (Lipinski definition) is 0. The first-order chi connectivity index (χ1) is 18.8. The van der Waals surface area contributed by atoms with Crippen LogP contribution >= 0.6 is 22.7 Å². The number of pyridine rings is 2. The van der Waals surface area contributed by atoms with Gasteiger partial charge in [-0.15, -0.1) is 0 Å². The van der Waals surface area contributed by atoms with Gasteiger partial charge in [0.1, 0.15) is 33.5 Å². The second-order valence-electron chi connectivity index (χ2n) is 8.87. The fourth-order valence-corrected chi connectivity index (χ4v) is 6.50. The van der Waals surface area contributed by atoms with Crippen molar-refractivity contribution in [2.45, 2.75) is 12.1 Å². The molecule has 4 aliphatic rings. The number of aliphatic imine (C=N–C) groups is 4. The van der Waals surface area contributed by atoms with Crippen molar-refractivity contribution < 1.29 is 0 Å². The van der Waals surface area contributed by atoms with E-state index in [0.29, 0.717) is 11.7 Å². The summed E-state index contributed by atoms with van der Waals surface area (Å²) in [6, 6.07) is 7.93. The van der Waals surface area contributed by atoms with Gasteiger partial charge in [0.15, 0.2) is 21.3 Å². The molecule has 180 valence electrons. The fraction of sp³-hybridized carbons (Fsp3) is 0.0714. The lowest BCUT2D eigenvalue weighted by molar-refractivity contribution is 1.10. The molecular formula is C28H16N8S2. The number of thiazole rings is 2. The van der Waals surface area contributed by atoms with Crippen molar-refractivity contribution in [3.05, 3.63) is 96.7 Å². The maximum absolute atomic E-state index is 4.83. The Labute approximate surface area is 224 Å². The van der Waals surface area contributed by atoms with Crippen LogP contribution in [0.25, 0.3) is 30.8 Å². The number of aromatic nitrogens is 4. The Kier molecular flexibility index (Phi) is 4.82. The standard InChI is InChI=1S/C28H16N8S2/c1-2-6-18-17(5-1)31-23(32-18)21-11-9-15(13-29-21)25-35-27-28(37-25)36-26(38-27)16-10-12-22(30-14-16)24-33-19-7-3-4-8-20(19)34-24/h1-14,17,19H. The zero-order valence-electron chi connectivity index (χ0n) is 19.6. The van der Waals surface area contributed by atoms with Gasteiger partial charge in [-0.2, -0.15) is 0 Å². The van der Waals surface area contributed by atoms with Gasteiger partial charge in [-0.3, -0.25) is 20.0 Å². The molecule has 4 aromatic heterocycles. The van der Waals surface area contributed by atoms with E-state index in [-0.39, 0.29) is 12.1 Å². The summed E-state index contributed by atoms with van der Waals surface area (Å²) in [5, 5.41) is 1.78. The molecule has 0 spiro atoms. The summed E-state index contributed by atoms with van der Waals surface area (Å²) in [5.41, 5.74) is 5.32. The molecule has 2 atom stereocenters. The van der Waals surface area contributed by atoms with E-state index in [1.807, 2.05) is 85.3 Å². The molecular weight excluding hydrogens is 512 g/mol. The SMILES string of the molecule is C1=CC2=NC(c3ccc(-c4nc5sc(-c6ccc(C7=NC8C=CC=CC8=N7)nc6)nc5s4)cn3)=NC2C=C1. The van der Waals surface area contributed by atoms with Crippen LogP contribution in [0, 0.1) is 0 Å². The second kappa shape index (κ2) is 8.51. The minimum absolute atomic E-state index is 0.00139. The Morgan fingerprint density at radius 1 is 0.579 bits per heavy atom. The number of hydrogen-bond acceptors (Lipinski definition) is 10. The van der Waals surface area contributed by atoms with Gasteiger partial charge < -0.3 is 0 Å². The first kappa shape index (κ1) is 21.5. The Bertz CT molecular complexity index is 1700. The third kappa shape index (κ3) is 3.65. The number of amidine groups is 2. The largest absolute Gasteiger partial charge is 0.252 e. The minimum atomic E-state index is -0.00139. The van der Waals surface area contributed by atoms with Crippen LogP contribution in [0.4, 0.5) is 0 Å². The number of fused-ring (bicyclic) bond motifs is 3. The van der Waals surface area contributed by atoms with Crippen LogP contribution in [0.3, 0.4) is 0 Å². The molecule has 4 aromatic rings. The molecule has 8 nitrogen and oxygen atoms in total. The van der Waals surface area contributed by atoms with Gasteiger partial charge in [0.25, 0.3) is 0 Å². The first-order valence-corrected chi connectivity index (χ1v) is 13.6. The van der Waals surface area contributed by atoms with Gasteiger partial charge >= 0.3 is 0 Å². The van der Waals surface area contributed by atoms with Crippen LogP contribution in [0.15, 0.2) is 105 Å². The van der Waals surface area contributed by atoms with Gasteiger partial charge in [0, 0.05) is 23.5 Å². The molecule has 38 heavy (non-hydrogen) atoms. The summed E-state index contributed by atoms with van der Waals surface area (Å²) in [6.07, 6.45) is 19.7. The van der Waals surface area contributed by atoms with Crippen molar-refractivity contribution in [1.29, 1.82) is 0 Å². The maximum atomic E-state index is 4.83. The van der Waals surface area contributed by atoms with Crippen molar-refractivity contribution in [1.82, 2.24) is 19.9 Å². The number of rotatable bonds is 4. The molecule has 0 saturated heterocycles. The number of nitrogens with zero attached hydrogens (tertiary/aromatic N) is 8.